The van der Waals surface area contributed by atoms with Crippen LogP contribution in [0, 0.1) is 0 Å². The highest BCUT2D eigenvalue weighted by molar-refractivity contribution is 5.98. The van der Waals surface area contributed by atoms with Crippen molar-refractivity contribution in [3.63, 3.8) is 0 Å². The monoisotopic (exact) mass is 936 g/mol. The summed E-state index contributed by atoms with van der Waals surface area (Å²) >= 11 is 0. The van der Waals surface area contributed by atoms with Gasteiger partial charge in [-0.1, -0.05) is 78.9 Å². The number of aromatic nitrogens is 1. The number of nitrogens with zero attached hydrogens (tertiary/aromatic N) is 1. The van der Waals surface area contributed by atoms with Gasteiger partial charge in [0.05, 0.1) is 6.42 Å². The zero-order chi connectivity index (χ0) is 49.1. The number of carbonyl (C=O) groups excluding carboxylic acids is 6. The van der Waals surface area contributed by atoms with Gasteiger partial charge in [0.15, 0.2) is 5.96 Å². The normalized spacial score (nSPS) is 17.3. The molecule has 0 saturated heterocycles. The fourth-order valence-corrected chi connectivity index (χ4v) is 8.58. The molecule has 15 N–H and O–H groups in total. The van der Waals surface area contributed by atoms with E-state index in [-0.39, 0.29) is 69.8 Å². The van der Waals surface area contributed by atoms with Gasteiger partial charge in [-0.2, -0.15) is 0 Å². The molecule has 6 amide bonds. The number of hydrogen-bond donors (Lipinski definition) is 11. The minimum atomic E-state index is -1.48. The number of unbranched alkanes of at least 4 members (excludes halogenated alkanes) is 1. The van der Waals surface area contributed by atoms with Crippen molar-refractivity contribution in [3.05, 3.63) is 108 Å². The third-order valence-electron chi connectivity index (χ3n) is 12.3. The SMILES string of the molecule is NCCCC[C@H](NC(=O)[C@H](Cc1c[nH]c2ccccc12)NC(=O)[C@H](CCCN=C(N)N)NC(=O)[C@@H](Cc1ccccc1)NC(=O)C1(NC(=O)CCC(=O)O)CCC(c2ccccc2)CC1)C(N)=O. The summed E-state index contributed by atoms with van der Waals surface area (Å²) in [6.45, 7) is 0.481. The second kappa shape index (κ2) is 25.6. The largest absolute Gasteiger partial charge is 0.481 e. The molecule has 1 aliphatic carbocycles. The Balaban J connectivity index is 1.44. The van der Waals surface area contributed by atoms with E-state index in [4.69, 9.17) is 22.9 Å². The van der Waals surface area contributed by atoms with Crippen LogP contribution in [0.15, 0.2) is 96.1 Å². The third-order valence-corrected chi connectivity index (χ3v) is 12.3. The van der Waals surface area contributed by atoms with Crippen LogP contribution >= 0.6 is 0 Å². The van der Waals surface area contributed by atoms with Gasteiger partial charge in [-0.25, -0.2) is 0 Å². The van der Waals surface area contributed by atoms with E-state index in [1.165, 1.54) is 0 Å². The van der Waals surface area contributed by atoms with Crippen molar-refractivity contribution in [1.29, 1.82) is 0 Å². The lowest BCUT2D eigenvalue weighted by Gasteiger charge is -2.40. The third kappa shape index (κ3) is 15.4. The lowest BCUT2D eigenvalue weighted by Crippen LogP contribution is -2.64. The number of benzene rings is 3. The number of rotatable bonds is 26. The highest BCUT2D eigenvalue weighted by atomic mass is 16.4. The Kier molecular flexibility index (Phi) is 19.4. The Bertz CT molecular complexity index is 2360. The van der Waals surface area contributed by atoms with Gasteiger partial charge in [0.25, 0.3) is 0 Å². The maximum atomic E-state index is 14.7. The quantitative estimate of drug-likeness (QED) is 0.0244. The van der Waals surface area contributed by atoms with Crippen LogP contribution in [-0.4, -0.2) is 100 Å². The number of nitrogens with one attached hydrogen (secondary N) is 6. The number of aromatic amines is 1. The van der Waals surface area contributed by atoms with Crippen LogP contribution in [-0.2, 0) is 46.4 Å². The summed E-state index contributed by atoms with van der Waals surface area (Å²) < 4.78 is 0. The molecule has 3 aromatic carbocycles. The highest BCUT2D eigenvalue weighted by Gasteiger charge is 2.45. The van der Waals surface area contributed by atoms with E-state index < -0.39 is 77.5 Å². The van der Waals surface area contributed by atoms with E-state index in [0.717, 1.165) is 16.5 Å². The first-order valence-electron chi connectivity index (χ1n) is 23.1. The number of fused-ring (bicyclic) bond motifs is 1. The van der Waals surface area contributed by atoms with Crippen molar-refractivity contribution < 1.29 is 38.7 Å². The lowest BCUT2D eigenvalue weighted by molar-refractivity contribution is -0.140. The minimum Gasteiger partial charge on any atom is -0.481 e. The van der Waals surface area contributed by atoms with Crippen molar-refractivity contribution in [2.45, 2.75) is 119 Å². The van der Waals surface area contributed by atoms with Gasteiger partial charge in [-0.15, -0.1) is 0 Å². The van der Waals surface area contributed by atoms with Crippen molar-refractivity contribution in [2.75, 3.05) is 13.1 Å². The number of carbonyl (C=O) groups is 7. The maximum absolute atomic E-state index is 14.7. The molecule has 1 saturated carbocycles. The van der Waals surface area contributed by atoms with Crippen LogP contribution in [0.3, 0.4) is 0 Å². The van der Waals surface area contributed by atoms with E-state index in [1.54, 1.807) is 36.5 Å². The molecule has 0 spiro atoms. The van der Waals surface area contributed by atoms with Crippen molar-refractivity contribution in [1.82, 2.24) is 31.6 Å². The number of carboxylic acids is 1. The van der Waals surface area contributed by atoms with Crippen LogP contribution in [0.1, 0.15) is 93.2 Å². The molecule has 0 unspecified atom stereocenters. The molecule has 0 radical (unpaired) electrons. The molecule has 4 atom stereocenters. The number of hydrogen-bond acceptors (Lipinski definition) is 9. The average Bonchev–Trinajstić information content (AvgIpc) is 3.74. The molecule has 1 fully saturated rings. The molecule has 68 heavy (non-hydrogen) atoms. The number of aliphatic carboxylic acids is 1. The summed E-state index contributed by atoms with van der Waals surface area (Å²) in [5.41, 5.74) is 24.3. The summed E-state index contributed by atoms with van der Waals surface area (Å²) in [5, 5.41) is 24.2. The number of guanidine groups is 1. The molecule has 0 aliphatic heterocycles. The van der Waals surface area contributed by atoms with Crippen molar-refractivity contribution >= 4 is 58.3 Å². The molecule has 19 heteroatoms. The zero-order valence-electron chi connectivity index (χ0n) is 38.2. The number of aliphatic imine (C=N–C) groups is 1. The number of para-hydroxylation sites is 1. The zero-order valence-corrected chi connectivity index (χ0v) is 38.2. The van der Waals surface area contributed by atoms with Crippen LogP contribution in [0.25, 0.3) is 10.9 Å². The van der Waals surface area contributed by atoms with E-state index in [1.807, 2.05) is 54.6 Å². The second-order valence-corrected chi connectivity index (χ2v) is 17.3. The first-order valence-corrected chi connectivity index (χ1v) is 23.1. The summed E-state index contributed by atoms with van der Waals surface area (Å²) in [5.74, 6) is -5.42. The van der Waals surface area contributed by atoms with E-state index >= 15 is 0 Å². The number of amides is 6. The van der Waals surface area contributed by atoms with Crippen LogP contribution in [0.4, 0.5) is 0 Å². The van der Waals surface area contributed by atoms with Gasteiger partial charge >= 0.3 is 5.97 Å². The summed E-state index contributed by atoms with van der Waals surface area (Å²) in [6, 6.07) is 21.2. The molecule has 19 nitrogen and oxygen atoms in total. The average molecular weight is 936 g/mol. The minimum absolute atomic E-state index is 0.00473. The fourth-order valence-electron chi connectivity index (χ4n) is 8.58. The standard InChI is InChI=1S/C49H65N11O8/c50-26-10-9-18-37(43(51)64)56-46(67)40(29-34-30-55-36-17-8-7-16-35(34)36)58-44(65)38(19-11-27-54-48(52)53)57-45(66)39(28-31-12-3-1-4-13-31)59-47(68)49(60-41(61)20-21-42(62)63)24-22-33(23-25-49)32-14-5-2-6-15-32/h1-8,12-17,30,33,37-40,55H,9-11,18-29,50H2,(H2,51,64)(H,56,67)(H,57,66)(H,58,65)(H,59,68)(H,60,61)(H,62,63)(H4,52,53,54)/t33?,37-,38-,39+,40-,49?/m0/s1. The molecule has 0 bridgehead atoms. The Morgan fingerprint density at radius 2 is 1.28 bits per heavy atom. The van der Waals surface area contributed by atoms with E-state index in [2.05, 4.69) is 36.6 Å². The first-order chi connectivity index (χ1) is 32.7. The summed E-state index contributed by atoms with van der Waals surface area (Å²) in [6.07, 6.45) is 3.91. The molecule has 364 valence electrons. The van der Waals surface area contributed by atoms with E-state index in [9.17, 15) is 38.7 Å². The number of H-pyrrole nitrogens is 1. The molecule has 5 rings (SSSR count). The molecular weight excluding hydrogens is 871 g/mol. The van der Waals surface area contributed by atoms with Gasteiger partial charge in [-0.05, 0) is 93.0 Å². The fraction of sp³-hybridized carbons (Fsp3) is 0.429. The van der Waals surface area contributed by atoms with Crippen molar-refractivity contribution in [2.24, 2.45) is 27.9 Å². The first kappa shape index (κ1) is 51.7. The maximum Gasteiger partial charge on any atom is 0.303 e. The van der Waals surface area contributed by atoms with E-state index in [0.29, 0.717) is 43.4 Å². The summed E-state index contributed by atoms with van der Waals surface area (Å²) in [4.78, 5) is 102. The molecule has 1 aliphatic rings. The predicted octanol–water partition coefficient (Wildman–Crippen LogP) is 1.64. The number of carboxylic acid groups (broad SMARTS) is 1. The van der Waals surface area contributed by atoms with Gasteiger partial charge in [-0.3, -0.25) is 38.6 Å². The second-order valence-electron chi connectivity index (χ2n) is 17.3. The number of primary amides is 1. The van der Waals surface area contributed by atoms with Gasteiger partial charge in [0.1, 0.15) is 29.7 Å². The van der Waals surface area contributed by atoms with Crippen LogP contribution in [0.2, 0.25) is 0 Å². The Hall–Kier alpha value is -7.28. The van der Waals surface area contributed by atoms with Gasteiger partial charge in [0, 0.05) is 42.9 Å². The molecule has 1 heterocycles. The highest BCUT2D eigenvalue weighted by Crippen LogP contribution is 2.38. The van der Waals surface area contributed by atoms with Crippen molar-refractivity contribution in [3.8, 4) is 0 Å². The van der Waals surface area contributed by atoms with Crippen LogP contribution in [0.5, 0.6) is 0 Å². The van der Waals surface area contributed by atoms with Gasteiger partial charge in [0.2, 0.25) is 35.4 Å². The Labute approximate surface area is 395 Å². The molecule has 4 aromatic rings. The lowest BCUT2D eigenvalue weighted by atomic mass is 9.73. The molecule has 1 aromatic heterocycles. The Morgan fingerprint density at radius 3 is 1.93 bits per heavy atom. The van der Waals surface area contributed by atoms with Crippen LogP contribution < -0.4 is 49.5 Å². The predicted molar refractivity (Wildman–Crippen MR) is 257 cm³/mol. The number of nitrogens with two attached hydrogens (primary N) is 4. The molecular formula is C49H65N11O8. The Morgan fingerprint density at radius 1 is 0.691 bits per heavy atom. The van der Waals surface area contributed by atoms with Gasteiger partial charge < -0.3 is 59.6 Å². The smallest absolute Gasteiger partial charge is 0.303 e. The topological polar surface area (TPSA) is 332 Å². The summed E-state index contributed by atoms with van der Waals surface area (Å²) in [7, 11) is 0.